The molecule has 0 aliphatic rings. The van der Waals surface area contributed by atoms with Crippen molar-refractivity contribution in [2.75, 3.05) is 6.61 Å². The van der Waals surface area contributed by atoms with Gasteiger partial charge in [-0.2, -0.15) is 0 Å². The molecule has 0 spiro atoms. The van der Waals surface area contributed by atoms with Gasteiger partial charge in [-0.05, 0) is 36.0 Å². The number of ether oxygens (including phenoxy) is 1. The van der Waals surface area contributed by atoms with Gasteiger partial charge in [0.05, 0.1) is 6.61 Å². The fourth-order valence-electron chi connectivity index (χ4n) is 1.83. The van der Waals surface area contributed by atoms with Crippen molar-refractivity contribution in [2.24, 2.45) is 5.73 Å². The quantitative estimate of drug-likeness (QED) is 0.808. The summed E-state index contributed by atoms with van der Waals surface area (Å²) in [5, 5.41) is 0. The molecule has 0 radical (unpaired) electrons. The molecular formula is C15H25NO. The van der Waals surface area contributed by atoms with Crippen molar-refractivity contribution >= 4 is 0 Å². The van der Waals surface area contributed by atoms with Gasteiger partial charge >= 0.3 is 0 Å². The molecule has 0 aliphatic heterocycles. The molecule has 96 valence electrons. The van der Waals surface area contributed by atoms with Crippen molar-refractivity contribution in [3.8, 4) is 5.75 Å². The van der Waals surface area contributed by atoms with Crippen LogP contribution in [0.15, 0.2) is 18.2 Å². The Morgan fingerprint density at radius 2 is 1.94 bits per heavy atom. The van der Waals surface area contributed by atoms with E-state index in [4.69, 9.17) is 10.5 Å². The SMILES string of the molecule is CCCOc1ccc(C(N)CC)cc1C(C)C. The highest BCUT2D eigenvalue weighted by molar-refractivity contribution is 5.40. The molecule has 0 saturated carbocycles. The molecule has 1 rings (SSSR count). The Kier molecular flexibility index (Phi) is 5.49. The number of benzene rings is 1. The van der Waals surface area contributed by atoms with Crippen LogP contribution in [0.25, 0.3) is 0 Å². The fraction of sp³-hybridized carbons (Fsp3) is 0.600. The van der Waals surface area contributed by atoms with E-state index in [1.807, 2.05) is 0 Å². The molecule has 0 amide bonds. The molecule has 0 saturated heterocycles. The lowest BCUT2D eigenvalue weighted by molar-refractivity contribution is 0.313. The van der Waals surface area contributed by atoms with E-state index in [1.165, 1.54) is 11.1 Å². The van der Waals surface area contributed by atoms with Gasteiger partial charge in [-0.15, -0.1) is 0 Å². The summed E-state index contributed by atoms with van der Waals surface area (Å²) in [6, 6.07) is 6.48. The highest BCUT2D eigenvalue weighted by Gasteiger charge is 2.11. The van der Waals surface area contributed by atoms with Gasteiger partial charge in [-0.1, -0.05) is 39.8 Å². The first-order valence-corrected chi connectivity index (χ1v) is 6.62. The van der Waals surface area contributed by atoms with Gasteiger partial charge in [0, 0.05) is 6.04 Å². The minimum Gasteiger partial charge on any atom is -0.493 e. The predicted molar refractivity (Wildman–Crippen MR) is 73.5 cm³/mol. The highest BCUT2D eigenvalue weighted by atomic mass is 16.5. The maximum absolute atomic E-state index is 6.07. The number of nitrogens with two attached hydrogens (primary N) is 1. The van der Waals surface area contributed by atoms with E-state index < -0.39 is 0 Å². The maximum atomic E-state index is 6.07. The molecule has 1 aromatic rings. The summed E-state index contributed by atoms with van der Waals surface area (Å²) in [6.07, 6.45) is 2.00. The molecule has 1 unspecified atom stereocenters. The normalized spacial score (nSPS) is 12.8. The molecule has 17 heavy (non-hydrogen) atoms. The Morgan fingerprint density at radius 1 is 1.24 bits per heavy atom. The summed E-state index contributed by atoms with van der Waals surface area (Å²) >= 11 is 0. The van der Waals surface area contributed by atoms with Crippen LogP contribution in [0.5, 0.6) is 5.75 Å². The van der Waals surface area contributed by atoms with Crippen LogP contribution in [0, 0.1) is 0 Å². The summed E-state index contributed by atoms with van der Waals surface area (Å²) in [6.45, 7) is 9.39. The van der Waals surface area contributed by atoms with Crippen LogP contribution in [-0.2, 0) is 0 Å². The monoisotopic (exact) mass is 235 g/mol. The van der Waals surface area contributed by atoms with Crippen LogP contribution in [0.1, 0.15) is 63.6 Å². The molecule has 1 atom stereocenters. The predicted octanol–water partition coefficient (Wildman–Crippen LogP) is 4.01. The summed E-state index contributed by atoms with van der Waals surface area (Å²) in [4.78, 5) is 0. The maximum Gasteiger partial charge on any atom is 0.122 e. The Balaban J connectivity index is 2.99. The van der Waals surface area contributed by atoms with Crippen molar-refractivity contribution in [3.63, 3.8) is 0 Å². The average molecular weight is 235 g/mol. The lowest BCUT2D eigenvalue weighted by Crippen LogP contribution is -2.10. The van der Waals surface area contributed by atoms with Gasteiger partial charge in [-0.3, -0.25) is 0 Å². The van der Waals surface area contributed by atoms with E-state index in [1.54, 1.807) is 0 Å². The van der Waals surface area contributed by atoms with Gasteiger partial charge in [0.2, 0.25) is 0 Å². The van der Waals surface area contributed by atoms with E-state index in [0.717, 1.165) is 25.2 Å². The topological polar surface area (TPSA) is 35.2 Å². The van der Waals surface area contributed by atoms with Crippen LogP contribution in [-0.4, -0.2) is 6.61 Å². The second-order valence-corrected chi connectivity index (χ2v) is 4.82. The zero-order valence-corrected chi connectivity index (χ0v) is 11.5. The van der Waals surface area contributed by atoms with Crippen LogP contribution in [0.3, 0.4) is 0 Å². The largest absolute Gasteiger partial charge is 0.493 e. The summed E-state index contributed by atoms with van der Waals surface area (Å²) in [5.74, 6) is 1.47. The third-order valence-electron chi connectivity index (χ3n) is 2.99. The molecule has 0 bridgehead atoms. The molecule has 0 aliphatic carbocycles. The van der Waals surface area contributed by atoms with Crippen molar-refractivity contribution in [1.29, 1.82) is 0 Å². The zero-order chi connectivity index (χ0) is 12.8. The highest BCUT2D eigenvalue weighted by Crippen LogP contribution is 2.29. The molecule has 2 N–H and O–H groups in total. The van der Waals surface area contributed by atoms with Crippen LogP contribution >= 0.6 is 0 Å². The van der Waals surface area contributed by atoms with Gasteiger partial charge in [0.15, 0.2) is 0 Å². The van der Waals surface area contributed by atoms with Gasteiger partial charge in [0.25, 0.3) is 0 Å². The number of hydrogen-bond acceptors (Lipinski definition) is 2. The lowest BCUT2D eigenvalue weighted by Gasteiger charge is -2.17. The molecular weight excluding hydrogens is 210 g/mol. The minimum absolute atomic E-state index is 0.132. The van der Waals surface area contributed by atoms with Crippen molar-refractivity contribution in [3.05, 3.63) is 29.3 Å². The Hall–Kier alpha value is -1.02. The standard InChI is InChI=1S/C15H25NO/c1-5-9-17-15-8-7-12(14(16)6-2)10-13(15)11(3)4/h7-8,10-11,14H,5-6,9,16H2,1-4H3. The average Bonchev–Trinajstić information content (AvgIpc) is 2.35. The summed E-state index contributed by atoms with van der Waals surface area (Å²) in [7, 11) is 0. The number of hydrogen-bond donors (Lipinski definition) is 1. The van der Waals surface area contributed by atoms with Crippen molar-refractivity contribution in [2.45, 2.75) is 52.5 Å². The van der Waals surface area contributed by atoms with E-state index in [2.05, 4.69) is 45.9 Å². The number of rotatable bonds is 6. The van der Waals surface area contributed by atoms with E-state index in [0.29, 0.717) is 5.92 Å². The van der Waals surface area contributed by atoms with Crippen molar-refractivity contribution < 1.29 is 4.74 Å². The molecule has 1 aromatic carbocycles. The Labute approximate surface area is 105 Å². The molecule has 0 fully saturated rings. The van der Waals surface area contributed by atoms with Crippen LogP contribution in [0.2, 0.25) is 0 Å². The molecule has 0 heterocycles. The second kappa shape index (κ2) is 6.65. The van der Waals surface area contributed by atoms with E-state index in [-0.39, 0.29) is 6.04 Å². The molecule has 2 nitrogen and oxygen atoms in total. The summed E-state index contributed by atoms with van der Waals surface area (Å²) < 4.78 is 5.78. The Morgan fingerprint density at radius 3 is 2.47 bits per heavy atom. The van der Waals surface area contributed by atoms with Gasteiger partial charge in [0.1, 0.15) is 5.75 Å². The van der Waals surface area contributed by atoms with Crippen LogP contribution < -0.4 is 10.5 Å². The van der Waals surface area contributed by atoms with Crippen LogP contribution in [0.4, 0.5) is 0 Å². The Bertz CT molecular complexity index is 347. The van der Waals surface area contributed by atoms with Gasteiger partial charge in [-0.25, -0.2) is 0 Å². The van der Waals surface area contributed by atoms with E-state index in [9.17, 15) is 0 Å². The van der Waals surface area contributed by atoms with E-state index >= 15 is 0 Å². The zero-order valence-electron chi connectivity index (χ0n) is 11.5. The third kappa shape index (κ3) is 3.74. The third-order valence-corrected chi connectivity index (χ3v) is 2.99. The van der Waals surface area contributed by atoms with Gasteiger partial charge < -0.3 is 10.5 Å². The minimum atomic E-state index is 0.132. The smallest absolute Gasteiger partial charge is 0.122 e. The molecule has 0 aromatic heterocycles. The lowest BCUT2D eigenvalue weighted by atomic mass is 9.96. The molecule has 2 heteroatoms. The first-order chi connectivity index (χ1) is 8.10. The fourth-order valence-corrected chi connectivity index (χ4v) is 1.83. The summed E-state index contributed by atoms with van der Waals surface area (Å²) in [5.41, 5.74) is 8.54. The first kappa shape index (κ1) is 14.0. The van der Waals surface area contributed by atoms with Crippen molar-refractivity contribution in [1.82, 2.24) is 0 Å². The first-order valence-electron chi connectivity index (χ1n) is 6.62. The second-order valence-electron chi connectivity index (χ2n) is 4.82.